The summed E-state index contributed by atoms with van der Waals surface area (Å²) in [6.07, 6.45) is 0.411. The number of nitrogens with two attached hydrogens (primary N) is 1. The zero-order chi connectivity index (χ0) is 17.5. The molecular formula is C10H13N8O5P. The fraction of sp³-hybridized carbons (Fsp3) is 0.500. The van der Waals surface area contributed by atoms with Gasteiger partial charge in [-0.2, -0.15) is 4.98 Å². The Bertz CT molecular complexity index is 927. The summed E-state index contributed by atoms with van der Waals surface area (Å²) in [7, 11) is -4.49. The maximum absolute atomic E-state index is 11.7. The highest BCUT2D eigenvalue weighted by atomic mass is 31.2. The minimum absolute atomic E-state index is 0.0343. The van der Waals surface area contributed by atoms with Gasteiger partial charge in [-0.05, 0) is 12.0 Å². The van der Waals surface area contributed by atoms with E-state index in [0.29, 0.717) is 0 Å². The Morgan fingerprint density at radius 1 is 1.62 bits per heavy atom. The highest BCUT2D eigenvalue weighted by molar-refractivity contribution is 7.52. The molecule has 1 saturated heterocycles. The van der Waals surface area contributed by atoms with Gasteiger partial charge >= 0.3 is 7.60 Å². The van der Waals surface area contributed by atoms with E-state index < -0.39 is 31.1 Å². The minimum atomic E-state index is -4.49. The van der Waals surface area contributed by atoms with Gasteiger partial charge < -0.3 is 24.8 Å². The number of rotatable bonds is 4. The van der Waals surface area contributed by atoms with Gasteiger partial charge in [0.25, 0.3) is 5.56 Å². The maximum Gasteiger partial charge on any atom is 0.354 e. The molecule has 0 saturated carbocycles. The van der Waals surface area contributed by atoms with Crippen LogP contribution in [-0.4, -0.2) is 47.3 Å². The molecule has 1 aliphatic heterocycles. The second kappa shape index (κ2) is 5.89. The summed E-state index contributed by atoms with van der Waals surface area (Å²) in [5.41, 5.74) is 13.9. The average Bonchev–Trinajstić information content (AvgIpc) is 3.05. The fourth-order valence-electron chi connectivity index (χ4n) is 2.57. The fourth-order valence-corrected chi connectivity index (χ4v) is 3.38. The van der Waals surface area contributed by atoms with Gasteiger partial charge in [0.2, 0.25) is 5.95 Å². The standard InChI is InChI=1S/C10H13N8O5P/c11-10-14-8-7(9(19)15-10)13-3-18(8)2-5-4(16-17-12)1-6(23-5)24(20,21)22/h3-6H,1-2H2,(H2,20,21,22)(H3,11,14,15,19)/t4-,5?,6+/m1/s1. The molecule has 0 aromatic carbocycles. The third-order valence-electron chi connectivity index (χ3n) is 3.65. The number of aromatic nitrogens is 4. The van der Waals surface area contributed by atoms with Gasteiger partial charge in [0.15, 0.2) is 17.0 Å². The summed E-state index contributed by atoms with van der Waals surface area (Å²) in [5.74, 6) is -1.45. The number of fused-ring (bicyclic) bond motifs is 1. The zero-order valence-corrected chi connectivity index (χ0v) is 12.9. The van der Waals surface area contributed by atoms with Crippen LogP contribution in [0.1, 0.15) is 6.42 Å². The van der Waals surface area contributed by atoms with E-state index in [4.69, 9.17) is 16.0 Å². The molecule has 0 bridgehead atoms. The van der Waals surface area contributed by atoms with Gasteiger partial charge in [0.1, 0.15) is 0 Å². The molecule has 128 valence electrons. The molecule has 1 unspecified atom stereocenters. The van der Waals surface area contributed by atoms with Crippen molar-refractivity contribution in [2.75, 3.05) is 5.73 Å². The number of hydrogen-bond acceptors (Lipinski definition) is 7. The SMILES string of the molecule is [N-]=[N+]=N[C@@H]1C[C@H](P(=O)(O)O)OC1Cn1cnc2c(=O)[nH]c(N)nc21. The summed E-state index contributed by atoms with van der Waals surface area (Å²) in [5, 5.41) is 3.53. The lowest BCUT2D eigenvalue weighted by Gasteiger charge is -2.16. The van der Waals surface area contributed by atoms with Crippen LogP contribution in [0.15, 0.2) is 16.2 Å². The monoisotopic (exact) mass is 356 g/mol. The molecular weight excluding hydrogens is 343 g/mol. The van der Waals surface area contributed by atoms with Gasteiger partial charge in [0.05, 0.1) is 25.0 Å². The van der Waals surface area contributed by atoms with Gasteiger partial charge in [-0.1, -0.05) is 5.11 Å². The van der Waals surface area contributed by atoms with Crippen LogP contribution in [0.25, 0.3) is 21.6 Å². The summed E-state index contributed by atoms with van der Waals surface area (Å²) in [4.78, 5) is 43.2. The van der Waals surface area contributed by atoms with Crippen LogP contribution in [-0.2, 0) is 15.8 Å². The first-order valence-corrected chi connectivity index (χ1v) is 8.43. The van der Waals surface area contributed by atoms with E-state index in [1.54, 1.807) is 0 Å². The van der Waals surface area contributed by atoms with Gasteiger partial charge in [-0.15, -0.1) is 0 Å². The van der Waals surface area contributed by atoms with Crippen molar-refractivity contribution in [1.29, 1.82) is 0 Å². The Kier molecular flexibility index (Phi) is 4.03. The van der Waals surface area contributed by atoms with E-state index in [-0.39, 0.29) is 30.1 Å². The molecule has 0 aliphatic carbocycles. The van der Waals surface area contributed by atoms with E-state index in [1.165, 1.54) is 10.9 Å². The first kappa shape index (κ1) is 16.4. The molecule has 0 spiro atoms. The highest BCUT2D eigenvalue weighted by Crippen LogP contribution is 2.48. The number of aromatic amines is 1. The number of azide groups is 1. The number of nitrogen functional groups attached to an aromatic ring is 1. The smallest absolute Gasteiger partial charge is 0.354 e. The van der Waals surface area contributed by atoms with E-state index in [9.17, 15) is 19.1 Å². The largest absolute Gasteiger partial charge is 0.369 e. The highest BCUT2D eigenvalue weighted by Gasteiger charge is 2.43. The Hall–Kier alpha value is -2.43. The number of nitrogens with zero attached hydrogens (tertiary/aromatic N) is 6. The molecule has 0 amide bonds. The van der Waals surface area contributed by atoms with Crippen molar-refractivity contribution in [3.63, 3.8) is 0 Å². The lowest BCUT2D eigenvalue weighted by atomic mass is 10.1. The second-order valence-corrected chi connectivity index (χ2v) is 7.00. The molecule has 13 nitrogen and oxygen atoms in total. The van der Waals surface area contributed by atoms with E-state index >= 15 is 0 Å². The first-order valence-electron chi connectivity index (χ1n) is 6.75. The third-order valence-corrected chi connectivity index (χ3v) is 4.73. The van der Waals surface area contributed by atoms with Crippen molar-refractivity contribution in [1.82, 2.24) is 19.5 Å². The van der Waals surface area contributed by atoms with Crippen molar-refractivity contribution in [3.8, 4) is 0 Å². The zero-order valence-electron chi connectivity index (χ0n) is 12.1. The number of nitrogens with one attached hydrogen (secondary N) is 1. The van der Waals surface area contributed by atoms with Crippen molar-refractivity contribution < 1.29 is 19.1 Å². The van der Waals surface area contributed by atoms with Crippen molar-refractivity contribution >= 4 is 24.7 Å². The Balaban J connectivity index is 1.93. The number of imidazole rings is 1. The molecule has 3 rings (SSSR count). The van der Waals surface area contributed by atoms with Crippen LogP contribution in [0, 0.1) is 0 Å². The minimum Gasteiger partial charge on any atom is -0.369 e. The third kappa shape index (κ3) is 2.98. The van der Waals surface area contributed by atoms with Crippen molar-refractivity contribution in [3.05, 3.63) is 27.1 Å². The molecule has 1 fully saturated rings. The molecule has 3 atom stereocenters. The van der Waals surface area contributed by atoms with Crippen molar-refractivity contribution in [2.24, 2.45) is 5.11 Å². The molecule has 1 aliphatic rings. The number of H-pyrrole nitrogens is 1. The topological polar surface area (TPSA) is 205 Å². The van der Waals surface area contributed by atoms with Crippen LogP contribution in [0.4, 0.5) is 5.95 Å². The van der Waals surface area contributed by atoms with Crippen LogP contribution >= 0.6 is 7.60 Å². The molecule has 0 radical (unpaired) electrons. The summed E-state index contributed by atoms with van der Waals surface area (Å²) in [6, 6.07) is -0.774. The normalized spacial score (nSPS) is 24.2. The quantitative estimate of drug-likeness (QED) is 0.246. The summed E-state index contributed by atoms with van der Waals surface area (Å²) in [6.45, 7) is 0.0343. The number of anilines is 1. The van der Waals surface area contributed by atoms with Crippen molar-refractivity contribution in [2.45, 2.75) is 31.0 Å². The molecule has 2 aromatic heterocycles. The average molecular weight is 356 g/mol. The Labute approximate surface area is 133 Å². The van der Waals surface area contributed by atoms with E-state index in [1.807, 2.05) is 0 Å². The molecule has 3 heterocycles. The maximum atomic E-state index is 11.7. The summed E-state index contributed by atoms with van der Waals surface area (Å²) >= 11 is 0. The van der Waals surface area contributed by atoms with Crippen LogP contribution in [0.3, 0.4) is 0 Å². The second-order valence-electron chi connectivity index (χ2n) is 5.25. The van der Waals surface area contributed by atoms with Gasteiger partial charge in [-0.25, -0.2) is 4.98 Å². The van der Waals surface area contributed by atoms with E-state index in [0.717, 1.165) is 0 Å². The molecule has 5 N–H and O–H groups in total. The number of hydrogen-bond donors (Lipinski definition) is 4. The number of ether oxygens (including phenoxy) is 1. The lowest BCUT2D eigenvalue weighted by molar-refractivity contribution is 0.0576. The van der Waals surface area contributed by atoms with Crippen LogP contribution < -0.4 is 11.3 Å². The van der Waals surface area contributed by atoms with Gasteiger partial charge in [-0.3, -0.25) is 14.3 Å². The van der Waals surface area contributed by atoms with Gasteiger partial charge in [0, 0.05) is 4.91 Å². The predicted molar refractivity (Wildman–Crippen MR) is 80.8 cm³/mol. The molecule has 14 heteroatoms. The Morgan fingerprint density at radius 3 is 3.04 bits per heavy atom. The first-order chi connectivity index (χ1) is 11.3. The summed E-state index contributed by atoms with van der Waals surface area (Å²) < 4.78 is 18.2. The van der Waals surface area contributed by atoms with E-state index in [2.05, 4.69) is 25.0 Å². The Morgan fingerprint density at radius 2 is 2.38 bits per heavy atom. The lowest BCUT2D eigenvalue weighted by Crippen LogP contribution is -2.25. The molecule has 2 aromatic rings. The molecule has 24 heavy (non-hydrogen) atoms. The predicted octanol–water partition coefficient (Wildman–Crippen LogP) is -0.327. The van der Waals surface area contributed by atoms with Crippen LogP contribution in [0.2, 0.25) is 0 Å². The van der Waals surface area contributed by atoms with Crippen LogP contribution in [0.5, 0.6) is 0 Å².